The summed E-state index contributed by atoms with van der Waals surface area (Å²) in [5, 5.41) is 0. The molecule has 3 nitrogen and oxygen atoms in total. The zero-order chi connectivity index (χ0) is 13.1. The summed E-state index contributed by atoms with van der Waals surface area (Å²) in [5.74, 6) is 0.318. The van der Waals surface area contributed by atoms with Crippen LogP contribution >= 0.6 is 0 Å². The number of ketones is 1. The number of allylic oxidation sites excluding steroid dienone is 1. The lowest BCUT2D eigenvalue weighted by atomic mass is 9.69. The molecule has 3 rings (SSSR count). The average Bonchev–Trinajstić information content (AvgIpc) is 2.69. The van der Waals surface area contributed by atoms with Crippen LogP contribution in [-0.2, 0) is 14.3 Å². The van der Waals surface area contributed by atoms with Gasteiger partial charge in [-0.25, -0.2) is 0 Å². The molecule has 98 valence electrons. The van der Waals surface area contributed by atoms with Crippen LogP contribution in [0.2, 0.25) is 0 Å². The van der Waals surface area contributed by atoms with Crippen molar-refractivity contribution < 1.29 is 14.3 Å². The van der Waals surface area contributed by atoms with Crippen LogP contribution in [0.5, 0.6) is 0 Å². The van der Waals surface area contributed by atoms with Gasteiger partial charge in [-0.15, -0.1) is 0 Å². The fourth-order valence-corrected chi connectivity index (χ4v) is 4.20. The second-order valence-electron chi connectivity index (χ2n) is 6.46. The third-order valence-corrected chi connectivity index (χ3v) is 5.52. The predicted molar refractivity (Wildman–Crippen MR) is 66.8 cm³/mol. The predicted octanol–water partition coefficient (Wildman–Crippen LogP) is 2.64. The molecule has 0 bridgehead atoms. The lowest BCUT2D eigenvalue weighted by Gasteiger charge is -2.39. The van der Waals surface area contributed by atoms with E-state index in [-0.39, 0.29) is 29.0 Å². The van der Waals surface area contributed by atoms with Crippen LogP contribution in [0.25, 0.3) is 0 Å². The minimum atomic E-state index is -0.514. The van der Waals surface area contributed by atoms with Crippen LogP contribution in [-0.4, -0.2) is 17.4 Å². The van der Waals surface area contributed by atoms with E-state index in [1.165, 1.54) is 0 Å². The molecule has 0 aromatic rings. The van der Waals surface area contributed by atoms with Crippen molar-refractivity contribution in [3.8, 4) is 0 Å². The third-order valence-electron chi connectivity index (χ3n) is 5.52. The van der Waals surface area contributed by atoms with Crippen molar-refractivity contribution in [3.05, 3.63) is 11.6 Å². The summed E-state index contributed by atoms with van der Waals surface area (Å²) >= 11 is 0. The van der Waals surface area contributed by atoms with Crippen molar-refractivity contribution in [2.75, 3.05) is 0 Å². The Morgan fingerprint density at radius 2 is 2.06 bits per heavy atom. The average molecular weight is 248 g/mol. The first-order chi connectivity index (χ1) is 8.40. The van der Waals surface area contributed by atoms with Gasteiger partial charge in [0.2, 0.25) is 0 Å². The highest BCUT2D eigenvalue weighted by Gasteiger charge is 2.66. The largest absolute Gasteiger partial charge is 0.454 e. The Morgan fingerprint density at radius 1 is 1.33 bits per heavy atom. The van der Waals surface area contributed by atoms with Crippen LogP contribution in [0, 0.1) is 17.3 Å². The lowest BCUT2D eigenvalue weighted by Crippen LogP contribution is -2.44. The highest BCUT2D eigenvalue weighted by Crippen LogP contribution is 2.62. The van der Waals surface area contributed by atoms with Crippen LogP contribution < -0.4 is 0 Å². The van der Waals surface area contributed by atoms with Gasteiger partial charge in [0.25, 0.3) is 0 Å². The van der Waals surface area contributed by atoms with Crippen molar-refractivity contribution >= 4 is 11.8 Å². The molecule has 1 aliphatic heterocycles. The first kappa shape index (κ1) is 11.9. The molecule has 3 heteroatoms. The maximum Gasteiger partial charge on any atom is 0.310 e. The maximum atomic E-state index is 11.9. The van der Waals surface area contributed by atoms with Crippen LogP contribution in [0.1, 0.15) is 46.5 Å². The summed E-state index contributed by atoms with van der Waals surface area (Å²) in [7, 11) is 0. The van der Waals surface area contributed by atoms with Crippen LogP contribution in [0.15, 0.2) is 11.6 Å². The van der Waals surface area contributed by atoms with Gasteiger partial charge < -0.3 is 4.74 Å². The molecule has 4 atom stereocenters. The molecule has 0 aromatic heterocycles. The summed E-state index contributed by atoms with van der Waals surface area (Å²) in [6, 6.07) is 0. The van der Waals surface area contributed by atoms with E-state index in [0.29, 0.717) is 6.42 Å². The summed E-state index contributed by atoms with van der Waals surface area (Å²) in [6.45, 7) is 6.00. The highest BCUT2D eigenvalue weighted by molar-refractivity contribution is 5.95. The molecule has 2 aliphatic carbocycles. The number of ether oxygens (including phenoxy) is 1. The summed E-state index contributed by atoms with van der Waals surface area (Å²) in [6.07, 6.45) is 5.46. The second kappa shape index (κ2) is 3.46. The van der Waals surface area contributed by atoms with Gasteiger partial charge in [-0.1, -0.05) is 13.8 Å². The number of Topliss-reactive ketones (excluding diaryl/α,β-unsaturated/α-hetero) is 1. The minimum absolute atomic E-state index is 0.0379. The number of carbonyl (C=O) groups excluding carboxylic acids is 2. The van der Waals surface area contributed by atoms with Gasteiger partial charge in [-0.3, -0.25) is 9.59 Å². The van der Waals surface area contributed by atoms with Crippen LogP contribution in [0.3, 0.4) is 0 Å². The molecule has 1 spiro atoms. The van der Waals surface area contributed by atoms with E-state index in [2.05, 4.69) is 6.92 Å². The fourth-order valence-electron chi connectivity index (χ4n) is 4.20. The normalized spacial score (nSPS) is 47.2. The van der Waals surface area contributed by atoms with E-state index in [1.807, 2.05) is 19.9 Å². The number of hydrogen-bond acceptors (Lipinski definition) is 3. The molecule has 0 amide bonds. The van der Waals surface area contributed by atoms with Gasteiger partial charge in [-0.05, 0) is 37.8 Å². The highest BCUT2D eigenvalue weighted by atomic mass is 16.6. The zero-order valence-corrected chi connectivity index (χ0v) is 11.3. The summed E-state index contributed by atoms with van der Waals surface area (Å²) in [5.41, 5.74) is 0.193. The third kappa shape index (κ3) is 1.25. The van der Waals surface area contributed by atoms with Gasteiger partial charge in [0.15, 0.2) is 5.78 Å². The summed E-state index contributed by atoms with van der Waals surface area (Å²) in [4.78, 5) is 23.9. The summed E-state index contributed by atoms with van der Waals surface area (Å²) < 4.78 is 5.82. The Bertz CT molecular complexity index is 464. The molecular weight excluding hydrogens is 228 g/mol. The van der Waals surface area contributed by atoms with E-state index >= 15 is 0 Å². The molecule has 0 unspecified atom stereocenters. The van der Waals surface area contributed by atoms with Gasteiger partial charge in [0.1, 0.15) is 5.60 Å². The molecule has 0 aromatic carbocycles. The Kier molecular flexibility index (Phi) is 2.30. The molecule has 0 radical (unpaired) electrons. The van der Waals surface area contributed by atoms with Gasteiger partial charge >= 0.3 is 5.97 Å². The number of hydrogen-bond donors (Lipinski definition) is 0. The first-order valence-corrected chi connectivity index (χ1v) is 6.85. The van der Waals surface area contributed by atoms with Crippen molar-refractivity contribution in [1.82, 2.24) is 0 Å². The smallest absolute Gasteiger partial charge is 0.310 e. The van der Waals surface area contributed by atoms with Gasteiger partial charge in [-0.2, -0.15) is 0 Å². The Hall–Kier alpha value is -1.12. The topological polar surface area (TPSA) is 43.4 Å². The minimum Gasteiger partial charge on any atom is -0.454 e. The number of esters is 1. The van der Waals surface area contributed by atoms with Crippen LogP contribution in [0.4, 0.5) is 0 Å². The standard InChI is InChI=1S/C15H20O3/c1-9-8-15-11(10(2)13(17)18-15)4-6-14(15,3)7-5-12(9)16/h8,10-11H,4-7H2,1-3H3/t10-,11-,14-,15+/m0/s1. The van der Waals surface area contributed by atoms with Gasteiger partial charge in [0.05, 0.1) is 5.92 Å². The van der Waals surface area contributed by atoms with Gasteiger partial charge in [0, 0.05) is 17.8 Å². The van der Waals surface area contributed by atoms with Crippen molar-refractivity contribution in [2.45, 2.75) is 52.1 Å². The zero-order valence-electron chi connectivity index (χ0n) is 11.3. The number of carbonyl (C=O) groups is 2. The van der Waals surface area contributed by atoms with E-state index in [4.69, 9.17) is 4.74 Å². The Labute approximate surface area is 108 Å². The Morgan fingerprint density at radius 3 is 2.78 bits per heavy atom. The SMILES string of the molecule is CC1=C[C@@]23OC(=O)[C@@H](C)[C@@H]2CC[C@@]3(C)CCC1=O. The lowest BCUT2D eigenvalue weighted by molar-refractivity contribution is -0.154. The molecular formula is C15H20O3. The first-order valence-electron chi connectivity index (χ1n) is 6.85. The molecule has 0 N–H and O–H groups in total. The quantitative estimate of drug-likeness (QED) is 0.619. The fraction of sp³-hybridized carbons (Fsp3) is 0.733. The van der Waals surface area contributed by atoms with E-state index in [0.717, 1.165) is 24.8 Å². The van der Waals surface area contributed by atoms with Crippen molar-refractivity contribution in [3.63, 3.8) is 0 Å². The molecule has 2 fully saturated rings. The molecule has 1 saturated carbocycles. The van der Waals surface area contributed by atoms with E-state index in [9.17, 15) is 9.59 Å². The van der Waals surface area contributed by atoms with Crippen molar-refractivity contribution in [2.24, 2.45) is 17.3 Å². The number of rotatable bonds is 0. The molecule has 1 heterocycles. The van der Waals surface area contributed by atoms with E-state index in [1.54, 1.807) is 0 Å². The monoisotopic (exact) mass is 248 g/mol. The van der Waals surface area contributed by atoms with Crippen molar-refractivity contribution in [1.29, 1.82) is 0 Å². The Balaban J connectivity index is 2.16. The molecule has 1 saturated heterocycles. The molecule has 3 aliphatic rings. The second-order valence-corrected chi connectivity index (χ2v) is 6.46. The molecule has 18 heavy (non-hydrogen) atoms. The maximum absolute atomic E-state index is 11.9. The van der Waals surface area contributed by atoms with E-state index < -0.39 is 5.60 Å².